The predicted molar refractivity (Wildman–Crippen MR) is 77.9 cm³/mol. The Labute approximate surface area is 130 Å². The molecule has 3 rings (SSSR count). The predicted octanol–water partition coefficient (Wildman–Crippen LogP) is 2.95. The number of hydrogen-bond donors (Lipinski definition) is 2. The molecule has 1 aliphatic carbocycles. The number of alkyl halides is 3. The van der Waals surface area contributed by atoms with E-state index >= 15 is 0 Å². The quantitative estimate of drug-likeness (QED) is 0.892. The first-order valence-corrected chi connectivity index (χ1v) is 7.05. The second-order valence-corrected chi connectivity index (χ2v) is 5.54. The van der Waals surface area contributed by atoms with Crippen LogP contribution in [0.5, 0.6) is 0 Å². The molecular weight excluding hydrogens is 309 g/mol. The average Bonchev–Trinajstić information content (AvgIpc) is 3.04. The minimum absolute atomic E-state index is 0.105. The first-order valence-electron chi connectivity index (χ1n) is 7.05. The first kappa shape index (κ1) is 15.4. The molecule has 122 valence electrons. The van der Waals surface area contributed by atoms with E-state index in [0.29, 0.717) is 11.3 Å². The van der Waals surface area contributed by atoms with E-state index in [2.05, 4.69) is 15.7 Å². The molecule has 0 radical (unpaired) electrons. The molecule has 0 bridgehead atoms. The molecule has 0 fully saturated rings. The largest absolute Gasteiger partial charge is 0.415 e. The molecule has 8 heteroatoms. The summed E-state index contributed by atoms with van der Waals surface area (Å²) >= 11 is 0. The zero-order valence-electron chi connectivity index (χ0n) is 12.3. The molecule has 2 N–H and O–H groups in total. The van der Waals surface area contributed by atoms with Gasteiger partial charge in [-0.1, -0.05) is 24.3 Å². The number of halogens is 3. The maximum atomic E-state index is 13.7. The molecule has 23 heavy (non-hydrogen) atoms. The second-order valence-electron chi connectivity index (χ2n) is 5.54. The van der Waals surface area contributed by atoms with Gasteiger partial charge in [0.1, 0.15) is 0 Å². The summed E-state index contributed by atoms with van der Waals surface area (Å²) in [5, 5.41) is 8.37. The van der Waals surface area contributed by atoms with Crippen LogP contribution in [-0.2, 0) is 19.0 Å². The number of nitrogens with zero attached hydrogens (tertiary/aromatic N) is 2. The van der Waals surface area contributed by atoms with Crippen molar-refractivity contribution in [3.05, 3.63) is 47.8 Å². The normalized spacial score (nSPS) is 20.2. The Morgan fingerprint density at radius 1 is 1.35 bits per heavy atom. The third-order valence-electron chi connectivity index (χ3n) is 4.02. The molecule has 1 aromatic carbocycles. The number of hydrogen-bond acceptors (Lipinski definition) is 2. The Bertz CT molecular complexity index is 740. The third kappa shape index (κ3) is 2.64. The summed E-state index contributed by atoms with van der Waals surface area (Å²) in [6.07, 6.45) is -1.67. The summed E-state index contributed by atoms with van der Waals surface area (Å²) in [4.78, 5) is 12.1. The van der Waals surface area contributed by atoms with Gasteiger partial charge in [-0.2, -0.15) is 18.3 Å². The van der Waals surface area contributed by atoms with E-state index in [0.717, 1.165) is 0 Å². The molecule has 0 saturated carbocycles. The van der Waals surface area contributed by atoms with Gasteiger partial charge in [-0.25, -0.2) is 4.79 Å². The topological polar surface area (TPSA) is 59.0 Å². The van der Waals surface area contributed by atoms with E-state index in [-0.39, 0.29) is 18.4 Å². The summed E-state index contributed by atoms with van der Waals surface area (Å²) < 4.78 is 42.7. The van der Waals surface area contributed by atoms with E-state index in [9.17, 15) is 18.0 Å². The van der Waals surface area contributed by atoms with E-state index in [1.165, 1.54) is 23.1 Å². The fourth-order valence-electron chi connectivity index (χ4n) is 2.95. The van der Waals surface area contributed by atoms with Gasteiger partial charge in [0.05, 0.1) is 11.9 Å². The smallest absolute Gasteiger partial charge is 0.320 e. The van der Waals surface area contributed by atoms with Crippen LogP contribution in [0.15, 0.2) is 36.7 Å². The van der Waals surface area contributed by atoms with Crippen molar-refractivity contribution in [2.75, 3.05) is 5.32 Å². The van der Waals surface area contributed by atoms with Gasteiger partial charge in [0.25, 0.3) is 0 Å². The lowest BCUT2D eigenvalue weighted by Gasteiger charge is -2.33. The zero-order chi connectivity index (χ0) is 16.7. The van der Waals surface area contributed by atoms with Crippen molar-refractivity contribution in [2.45, 2.75) is 24.6 Å². The lowest BCUT2D eigenvalue weighted by molar-refractivity contribution is -0.196. The Hall–Kier alpha value is -2.51. The van der Waals surface area contributed by atoms with E-state index in [1.807, 2.05) is 0 Å². The SMILES string of the molecule is Cn1cc(NC(=O)NC2(C(F)(F)F)CCc3ccccc32)cn1. The van der Waals surface area contributed by atoms with Crippen molar-refractivity contribution in [3.8, 4) is 0 Å². The lowest BCUT2D eigenvalue weighted by Crippen LogP contribution is -2.55. The number of carbonyl (C=O) groups is 1. The maximum Gasteiger partial charge on any atom is 0.415 e. The van der Waals surface area contributed by atoms with Crippen LogP contribution < -0.4 is 10.6 Å². The van der Waals surface area contributed by atoms with Crippen LogP contribution in [0, 0.1) is 0 Å². The Morgan fingerprint density at radius 2 is 2.09 bits per heavy atom. The maximum absolute atomic E-state index is 13.7. The molecule has 1 aliphatic rings. The van der Waals surface area contributed by atoms with E-state index in [4.69, 9.17) is 0 Å². The Morgan fingerprint density at radius 3 is 2.74 bits per heavy atom. The highest BCUT2D eigenvalue weighted by Gasteiger charge is 2.59. The molecule has 0 spiro atoms. The van der Waals surface area contributed by atoms with Crippen molar-refractivity contribution in [1.82, 2.24) is 15.1 Å². The van der Waals surface area contributed by atoms with Crippen molar-refractivity contribution in [3.63, 3.8) is 0 Å². The van der Waals surface area contributed by atoms with Gasteiger partial charge in [-0.3, -0.25) is 4.68 Å². The number of fused-ring (bicyclic) bond motifs is 1. The number of urea groups is 1. The number of benzene rings is 1. The minimum Gasteiger partial charge on any atom is -0.320 e. The highest BCUT2D eigenvalue weighted by atomic mass is 19.4. The molecule has 1 unspecified atom stereocenters. The summed E-state index contributed by atoms with van der Waals surface area (Å²) in [7, 11) is 1.65. The van der Waals surface area contributed by atoms with E-state index in [1.54, 1.807) is 25.2 Å². The van der Waals surface area contributed by atoms with E-state index < -0.39 is 17.7 Å². The molecule has 1 atom stereocenters. The van der Waals surface area contributed by atoms with Crippen LogP contribution in [0.25, 0.3) is 0 Å². The number of nitrogens with one attached hydrogen (secondary N) is 2. The van der Waals surface area contributed by atoms with Crippen LogP contribution in [0.3, 0.4) is 0 Å². The summed E-state index contributed by atoms with van der Waals surface area (Å²) in [5.74, 6) is 0. The Balaban J connectivity index is 1.89. The van der Waals surface area contributed by atoms with Gasteiger partial charge in [0.15, 0.2) is 5.54 Å². The minimum atomic E-state index is -4.59. The monoisotopic (exact) mass is 324 g/mol. The third-order valence-corrected chi connectivity index (χ3v) is 4.02. The second kappa shape index (κ2) is 5.29. The van der Waals surface area contributed by atoms with Gasteiger partial charge in [-0.15, -0.1) is 0 Å². The standard InChI is InChI=1S/C15H15F3N4O/c1-22-9-11(8-19-22)20-13(23)21-14(15(16,17)18)7-6-10-4-2-3-5-12(10)14/h2-5,8-9H,6-7H2,1H3,(H2,20,21,23). The number of rotatable bonds is 2. The average molecular weight is 324 g/mol. The fourth-order valence-corrected chi connectivity index (χ4v) is 2.95. The highest BCUT2D eigenvalue weighted by molar-refractivity contribution is 5.89. The number of carbonyl (C=O) groups excluding carboxylic acids is 1. The van der Waals surface area contributed by atoms with Crippen molar-refractivity contribution < 1.29 is 18.0 Å². The molecule has 2 aromatic rings. The van der Waals surface area contributed by atoms with Crippen LogP contribution in [0.2, 0.25) is 0 Å². The van der Waals surface area contributed by atoms with Crippen molar-refractivity contribution in [2.24, 2.45) is 7.05 Å². The first-order chi connectivity index (χ1) is 10.8. The Kier molecular flexibility index (Phi) is 3.54. The lowest BCUT2D eigenvalue weighted by atomic mass is 9.91. The highest BCUT2D eigenvalue weighted by Crippen LogP contribution is 2.48. The molecule has 2 amide bonds. The molecule has 1 heterocycles. The molecule has 5 nitrogen and oxygen atoms in total. The summed E-state index contributed by atoms with van der Waals surface area (Å²) in [5.41, 5.74) is -1.33. The number of anilines is 1. The number of aryl methyl sites for hydroxylation is 2. The number of amides is 2. The fraction of sp³-hybridized carbons (Fsp3) is 0.333. The molecule has 1 aromatic heterocycles. The van der Waals surface area contributed by atoms with Gasteiger partial charge in [0.2, 0.25) is 0 Å². The molecule has 0 saturated heterocycles. The molecule has 0 aliphatic heterocycles. The summed E-state index contributed by atoms with van der Waals surface area (Å²) in [6.45, 7) is 0. The van der Waals surface area contributed by atoms with Crippen molar-refractivity contribution >= 4 is 11.7 Å². The van der Waals surface area contributed by atoms with Crippen molar-refractivity contribution in [1.29, 1.82) is 0 Å². The van der Waals surface area contributed by atoms with Gasteiger partial charge in [-0.05, 0) is 24.0 Å². The van der Waals surface area contributed by atoms with Crippen LogP contribution in [-0.4, -0.2) is 22.0 Å². The number of aromatic nitrogens is 2. The zero-order valence-corrected chi connectivity index (χ0v) is 12.3. The summed E-state index contributed by atoms with van der Waals surface area (Å²) in [6, 6.07) is 5.41. The van der Waals surface area contributed by atoms with Gasteiger partial charge >= 0.3 is 12.2 Å². The molecular formula is C15H15F3N4O. The van der Waals surface area contributed by atoms with Crippen LogP contribution in [0.4, 0.5) is 23.7 Å². The van der Waals surface area contributed by atoms with Crippen LogP contribution >= 0.6 is 0 Å². The van der Waals surface area contributed by atoms with Crippen LogP contribution in [0.1, 0.15) is 17.5 Å². The van der Waals surface area contributed by atoms with Gasteiger partial charge < -0.3 is 10.6 Å². The van der Waals surface area contributed by atoms with Gasteiger partial charge in [0, 0.05) is 13.2 Å².